The largest absolute Gasteiger partial charge is 0.120 e. The van der Waals surface area contributed by atoms with Gasteiger partial charge in [-0.1, -0.05) is 73.6 Å². The smallest absolute Gasteiger partial charge is 0.0193 e. The third-order valence-corrected chi connectivity index (χ3v) is 4.68. The second kappa shape index (κ2) is 4.84. The number of hydrogen-bond acceptors (Lipinski definition) is 0. The summed E-state index contributed by atoms with van der Waals surface area (Å²) in [5.74, 6) is 3.24. The minimum absolute atomic E-state index is 0.0734. The number of benzene rings is 1. The van der Waals surface area contributed by atoms with Gasteiger partial charge in [0.05, 0.1) is 0 Å². The molecule has 0 bridgehead atoms. The van der Waals surface area contributed by atoms with Crippen molar-refractivity contribution in [3.8, 4) is 12.3 Å². The molecule has 0 amide bonds. The molecule has 0 heteroatoms. The van der Waals surface area contributed by atoms with E-state index in [1.54, 1.807) is 0 Å². The predicted molar refractivity (Wildman–Crippen MR) is 86.2 cm³/mol. The average molecular weight is 260 g/mol. The summed E-state index contributed by atoms with van der Waals surface area (Å²) < 4.78 is 0. The monoisotopic (exact) mass is 260 g/mol. The van der Waals surface area contributed by atoms with Crippen LogP contribution in [0.4, 0.5) is 0 Å². The minimum atomic E-state index is 0.0734. The van der Waals surface area contributed by atoms with Crippen molar-refractivity contribution >= 4 is 6.08 Å². The van der Waals surface area contributed by atoms with E-state index in [4.69, 9.17) is 6.42 Å². The first-order chi connectivity index (χ1) is 9.64. The Balaban J connectivity index is 2.03. The van der Waals surface area contributed by atoms with E-state index in [0.29, 0.717) is 5.92 Å². The highest BCUT2D eigenvalue weighted by atomic mass is 14.4. The minimum Gasteiger partial charge on any atom is -0.120 e. The lowest BCUT2D eigenvalue weighted by molar-refractivity contribution is 0.496. The standard InChI is InChI=1S/C20H20/c1-4-9-18-17-13-8-5-10-15(17)14-19(18)20(2,3)16-11-6-7-12-16/h1,5-8,10-11,13-14,18H,9,12H2,2-3H3. The summed E-state index contributed by atoms with van der Waals surface area (Å²) in [7, 11) is 0. The number of allylic oxidation sites excluding steroid dienone is 5. The van der Waals surface area contributed by atoms with Crippen LogP contribution in [0.1, 0.15) is 43.7 Å². The summed E-state index contributed by atoms with van der Waals surface area (Å²) in [4.78, 5) is 0. The number of rotatable bonds is 3. The van der Waals surface area contributed by atoms with Crippen LogP contribution in [-0.2, 0) is 0 Å². The molecule has 1 atom stereocenters. The molecule has 1 unspecified atom stereocenters. The Kier molecular flexibility index (Phi) is 3.14. The van der Waals surface area contributed by atoms with Crippen LogP contribution in [0.5, 0.6) is 0 Å². The third kappa shape index (κ3) is 1.95. The van der Waals surface area contributed by atoms with Crippen molar-refractivity contribution in [1.82, 2.24) is 0 Å². The van der Waals surface area contributed by atoms with Crippen molar-refractivity contribution in [2.24, 2.45) is 5.41 Å². The summed E-state index contributed by atoms with van der Waals surface area (Å²) in [6, 6.07) is 8.64. The normalized spacial score (nSPS) is 20.4. The molecular weight excluding hydrogens is 240 g/mol. The molecule has 2 aliphatic carbocycles. The van der Waals surface area contributed by atoms with Gasteiger partial charge in [0.15, 0.2) is 0 Å². The van der Waals surface area contributed by atoms with Gasteiger partial charge in [0.2, 0.25) is 0 Å². The topological polar surface area (TPSA) is 0 Å². The van der Waals surface area contributed by atoms with Crippen LogP contribution >= 0.6 is 0 Å². The fourth-order valence-corrected chi connectivity index (χ4v) is 3.45. The summed E-state index contributed by atoms with van der Waals surface area (Å²) in [5, 5.41) is 0. The Bertz CT molecular complexity index is 660. The molecule has 1 aromatic carbocycles. The average Bonchev–Trinajstić information content (AvgIpc) is 3.07. The van der Waals surface area contributed by atoms with Crippen LogP contribution in [0.15, 0.2) is 53.6 Å². The molecule has 0 aliphatic heterocycles. The van der Waals surface area contributed by atoms with Crippen molar-refractivity contribution in [1.29, 1.82) is 0 Å². The first-order valence-corrected chi connectivity index (χ1v) is 7.25. The SMILES string of the molecule is C#CCC1C(C(C)(C)C2=CC=CC2)=Cc2ccccc21. The Morgan fingerprint density at radius 2 is 2.10 bits per heavy atom. The van der Waals surface area contributed by atoms with Crippen LogP contribution in [-0.4, -0.2) is 0 Å². The first-order valence-electron chi connectivity index (χ1n) is 7.25. The first kappa shape index (κ1) is 13.0. The molecule has 0 saturated carbocycles. The van der Waals surface area contributed by atoms with Gasteiger partial charge in [-0.25, -0.2) is 0 Å². The van der Waals surface area contributed by atoms with Crippen LogP contribution in [0.3, 0.4) is 0 Å². The van der Waals surface area contributed by atoms with Crippen LogP contribution < -0.4 is 0 Å². The fraction of sp³-hybridized carbons (Fsp3) is 0.300. The van der Waals surface area contributed by atoms with E-state index in [2.05, 4.69) is 68.3 Å². The molecule has 1 aromatic rings. The Hall–Kier alpha value is -2.00. The molecule has 100 valence electrons. The molecule has 20 heavy (non-hydrogen) atoms. The van der Waals surface area contributed by atoms with E-state index in [9.17, 15) is 0 Å². The molecule has 2 aliphatic rings. The van der Waals surface area contributed by atoms with Crippen LogP contribution in [0.2, 0.25) is 0 Å². The second-order valence-corrected chi connectivity index (χ2v) is 6.14. The maximum atomic E-state index is 5.62. The second-order valence-electron chi connectivity index (χ2n) is 6.14. The molecule has 0 nitrogen and oxygen atoms in total. The van der Waals surface area contributed by atoms with E-state index in [0.717, 1.165) is 12.8 Å². The summed E-state index contributed by atoms with van der Waals surface area (Å²) in [5.41, 5.74) is 5.75. The lowest BCUT2D eigenvalue weighted by Crippen LogP contribution is -2.20. The van der Waals surface area contributed by atoms with E-state index >= 15 is 0 Å². The maximum Gasteiger partial charge on any atom is 0.0193 e. The van der Waals surface area contributed by atoms with Gasteiger partial charge in [0, 0.05) is 17.8 Å². The fourth-order valence-electron chi connectivity index (χ4n) is 3.45. The van der Waals surface area contributed by atoms with Gasteiger partial charge >= 0.3 is 0 Å². The zero-order valence-corrected chi connectivity index (χ0v) is 12.2. The van der Waals surface area contributed by atoms with Gasteiger partial charge in [-0.3, -0.25) is 0 Å². The Morgan fingerprint density at radius 1 is 1.30 bits per heavy atom. The molecule has 0 aromatic heterocycles. The highest BCUT2D eigenvalue weighted by Crippen LogP contribution is 2.51. The lowest BCUT2D eigenvalue weighted by Gasteiger charge is -2.32. The molecule has 0 saturated heterocycles. The quantitative estimate of drug-likeness (QED) is 0.663. The van der Waals surface area contributed by atoms with Gasteiger partial charge in [-0.15, -0.1) is 12.3 Å². The molecule has 0 spiro atoms. The van der Waals surface area contributed by atoms with Gasteiger partial charge in [-0.05, 0) is 17.5 Å². The van der Waals surface area contributed by atoms with Gasteiger partial charge in [0.1, 0.15) is 0 Å². The van der Waals surface area contributed by atoms with Gasteiger partial charge < -0.3 is 0 Å². The third-order valence-electron chi connectivity index (χ3n) is 4.68. The highest BCUT2D eigenvalue weighted by Gasteiger charge is 2.36. The maximum absolute atomic E-state index is 5.62. The Labute approximate surface area is 121 Å². The van der Waals surface area contributed by atoms with E-state index in [1.807, 2.05) is 0 Å². The van der Waals surface area contributed by atoms with Gasteiger partial charge in [-0.2, -0.15) is 0 Å². The molecule has 3 rings (SSSR count). The lowest BCUT2D eigenvalue weighted by atomic mass is 9.71. The summed E-state index contributed by atoms with van der Waals surface area (Å²) in [6.07, 6.45) is 16.5. The summed E-state index contributed by atoms with van der Waals surface area (Å²) >= 11 is 0. The van der Waals surface area contributed by atoms with Crippen LogP contribution in [0, 0.1) is 17.8 Å². The Morgan fingerprint density at radius 3 is 2.80 bits per heavy atom. The van der Waals surface area contributed by atoms with Crippen molar-refractivity contribution in [2.45, 2.75) is 32.6 Å². The number of terminal acetylenes is 1. The zero-order chi connectivity index (χ0) is 14.2. The molecule has 0 radical (unpaired) electrons. The van der Waals surface area contributed by atoms with E-state index in [1.165, 1.54) is 22.3 Å². The number of hydrogen-bond donors (Lipinski definition) is 0. The van der Waals surface area contributed by atoms with Crippen LogP contribution in [0.25, 0.3) is 6.08 Å². The molecule has 0 fully saturated rings. The van der Waals surface area contributed by atoms with E-state index in [-0.39, 0.29) is 5.41 Å². The predicted octanol–water partition coefficient (Wildman–Crippen LogP) is 5.10. The van der Waals surface area contributed by atoms with Crippen molar-refractivity contribution in [2.75, 3.05) is 0 Å². The van der Waals surface area contributed by atoms with Crippen molar-refractivity contribution < 1.29 is 0 Å². The number of fused-ring (bicyclic) bond motifs is 1. The molecule has 0 heterocycles. The molecule has 0 N–H and O–H groups in total. The molecular formula is C20H20. The van der Waals surface area contributed by atoms with Crippen molar-refractivity contribution in [3.63, 3.8) is 0 Å². The van der Waals surface area contributed by atoms with Crippen molar-refractivity contribution in [3.05, 3.63) is 64.8 Å². The highest BCUT2D eigenvalue weighted by molar-refractivity contribution is 5.69. The summed E-state index contributed by atoms with van der Waals surface area (Å²) in [6.45, 7) is 4.65. The zero-order valence-electron chi connectivity index (χ0n) is 12.2. The van der Waals surface area contributed by atoms with Gasteiger partial charge in [0.25, 0.3) is 0 Å². The van der Waals surface area contributed by atoms with E-state index < -0.39 is 0 Å².